The van der Waals surface area contributed by atoms with Crippen LogP contribution >= 0.6 is 0 Å². The Morgan fingerprint density at radius 2 is 1.82 bits per heavy atom. The second-order valence-corrected chi connectivity index (χ2v) is 6.37. The van der Waals surface area contributed by atoms with Gasteiger partial charge in [0.2, 0.25) is 0 Å². The van der Waals surface area contributed by atoms with Crippen LogP contribution in [0.1, 0.15) is 12.8 Å². The number of azide groups is 1. The van der Waals surface area contributed by atoms with E-state index in [-0.39, 0.29) is 19.4 Å². The predicted octanol–water partition coefficient (Wildman–Crippen LogP) is 0.355. The van der Waals surface area contributed by atoms with Crippen molar-refractivity contribution >= 4 is 20.2 Å². The van der Waals surface area contributed by atoms with E-state index in [1.165, 1.54) is 0 Å². The summed E-state index contributed by atoms with van der Waals surface area (Å²) in [7, 11) is -7.27. The summed E-state index contributed by atoms with van der Waals surface area (Å²) >= 11 is 0. The van der Waals surface area contributed by atoms with Crippen LogP contribution < -0.4 is 0 Å². The molecule has 9 nitrogen and oxygen atoms in total. The second-order valence-electron chi connectivity index (χ2n) is 3.13. The topological polar surface area (TPSA) is 136 Å². The van der Waals surface area contributed by atoms with Gasteiger partial charge in [-0.05, 0) is 18.4 Å². The molecule has 0 saturated heterocycles. The van der Waals surface area contributed by atoms with Crippen LogP contribution in [0.3, 0.4) is 0 Å². The van der Waals surface area contributed by atoms with Crippen molar-refractivity contribution in [1.82, 2.24) is 0 Å². The van der Waals surface area contributed by atoms with Gasteiger partial charge in [-0.15, -0.1) is 0 Å². The van der Waals surface area contributed by atoms with Crippen LogP contribution in [0.4, 0.5) is 0 Å². The van der Waals surface area contributed by atoms with Crippen molar-refractivity contribution in [1.29, 1.82) is 0 Å². The van der Waals surface area contributed by atoms with Gasteiger partial charge in [0.15, 0.2) is 6.23 Å². The minimum Gasteiger partial charge on any atom is -0.270 e. The average molecular weight is 287 g/mol. The molecule has 0 radical (unpaired) electrons. The van der Waals surface area contributed by atoms with E-state index in [1.54, 1.807) is 0 Å². The fourth-order valence-electron chi connectivity index (χ4n) is 0.853. The Labute approximate surface area is 99.6 Å². The highest BCUT2D eigenvalue weighted by molar-refractivity contribution is 7.86. The summed E-state index contributed by atoms with van der Waals surface area (Å²) in [5.41, 5.74) is 8.18. The second kappa shape index (κ2) is 6.77. The highest BCUT2D eigenvalue weighted by Gasteiger charge is 2.14. The molecule has 17 heavy (non-hydrogen) atoms. The Hall–Kier alpha value is -0.870. The third kappa shape index (κ3) is 11.4. The third-order valence-electron chi connectivity index (χ3n) is 1.36. The molecule has 0 rings (SSSR count). The summed E-state index contributed by atoms with van der Waals surface area (Å²) in [4.78, 5) is 2.42. The predicted molar refractivity (Wildman–Crippen MR) is 58.9 cm³/mol. The number of rotatable bonds is 8. The van der Waals surface area contributed by atoms with Crippen molar-refractivity contribution in [2.45, 2.75) is 19.1 Å². The first-order valence-corrected chi connectivity index (χ1v) is 8.04. The van der Waals surface area contributed by atoms with Crippen LogP contribution in [0, 0.1) is 0 Å². The van der Waals surface area contributed by atoms with Crippen LogP contribution in [0.2, 0.25) is 0 Å². The number of hydrogen-bond donors (Lipinski definition) is 0. The quantitative estimate of drug-likeness (QED) is 0.208. The molecule has 0 aliphatic rings. The molecule has 0 spiro atoms. The average Bonchev–Trinajstić information content (AvgIpc) is 2.08. The van der Waals surface area contributed by atoms with Gasteiger partial charge >= 0.3 is 0 Å². The van der Waals surface area contributed by atoms with Crippen molar-refractivity contribution in [2.24, 2.45) is 5.11 Å². The van der Waals surface area contributed by atoms with E-state index in [4.69, 9.17) is 5.53 Å². The van der Waals surface area contributed by atoms with Gasteiger partial charge in [-0.1, -0.05) is 5.11 Å². The molecule has 0 saturated carbocycles. The van der Waals surface area contributed by atoms with Crippen molar-refractivity contribution in [2.75, 3.05) is 19.1 Å². The summed E-state index contributed by atoms with van der Waals surface area (Å²) in [5.74, 6) is 0. The maximum Gasteiger partial charge on any atom is 0.264 e. The molecule has 0 bridgehead atoms. The first kappa shape index (κ1) is 16.1. The maximum absolute atomic E-state index is 10.8. The van der Waals surface area contributed by atoms with E-state index in [0.717, 1.165) is 12.5 Å². The van der Waals surface area contributed by atoms with Gasteiger partial charge < -0.3 is 0 Å². The summed E-state index contributed by atoms with van der Waals surface area (Å²) in [6.45, 7) is -0.136. The van der Waals surface area contributed by atoms with Crippen molar-refractivity contribution in [3.63, 3.8) is 0 Å². The molecule has 1 unspecified atom stereocenters. The van der Waals surface area contributed by atoms with Crippen molar-refractivity contribution in [3.05, 3.63) is 10.4 Å². The minimum absolute atomic E-state index is 0.0344. The molecule has 0 amide bonds. The third-order valence-corrected chi connectivity index (χ3v) is 2.53. The molecule has 0 aliphatic carbocycles. The lowest BCUT2D eigenvalue weighted by Gasteiger charge is -2.09. The summed E-state index contributed by atoms with van der Waals surface area (Å²) in [6, 6.07) is 0. The zero-order valence-corrected chi connectivity index (χ0v) is 10.9. The van der Waals surface area contributed by atoms with Gasteiger partial charge in [0, 0.05) is 4.91 Å². The van der Waals surface area contributed by atoms with Gasteiger partial charge in [0.05, 0.1) is 19.1 Å². The first-order valence-electron chi connectivity index (χ1n) is 4.41. The standard InChI is InChI=1S/C6H13N3O6S2/c1-16(10,11)14-5-3-4-6(8-9-7)15-17(2,12)13/h6H,3-5H2,1-2H3. The zero-order chi connectivity index (χ0) is 13.5. The smallest absolute Gasteiger partial charge is 0.264 e. The Kier molecular flexibility index (Phi) is 6.42. The molecule has 0 fully saturated rings. The summed E-state index contributed by atoms with van der Waals surface area (Å²) in [5, 5.41) is 3.12. The van der Waals surface area contributed by atoms with Crippen LogP contribution in [0.25, 0.3) is 10.4 Å². The van der Waals surface area contributed by atoms with E-state index in [0.29, 0.717) is 0 Å². The van der Waals surface area contributed by atoms with E-state index in [9.17, 15) is 16.8 Å². The molecule has 0 heterocycles. The molecule has 0 aromatic carbocycles. The minimum atomic E-state index is -3.74. The largest absolute Gasteiger partial charge is 0.270 e. The van der Waals surface area contributed by atoms with Gasteiger partial charge in [0.1, 0.15) is 0 Å². The van der Waals surface area contributed by atoms with E-state index >= 15 is 0 Å². The van der Waals surface area contributed by atoms with E-state index in [2.05, 4.69) is 18.4 Å². The SMILES string of the molecule is CS(=O)(=O)OCCCC(N=[N+]=[N-])OS(C)(=O)=O. The van der Waals surface area contributed by atoms with Gasteiger partial charge in [0.25, 0.3) is 20.2 Å². The summed E-state index contributed by atoms with van der Waals surface area (Å²) in [6.07, 6.45) is 0.724. The van der Waals surface area contributed by atoms with E-state index < -0.39 is 26.5 Å². The first-order chi connectivity index (χ1) is 7.64. The van der Waals surface area contributed by atoms with Gasteiger partial charge in [-0.25, -0.2) is 0 Å². The molecule has 0 N–H and O–H groups in total. The lowest BCUT2D eigenvalue weighted by Crippen LogP contribution is -2.16. The van der Waals surface area contributed by atoms with Crippen molar-refractivity contribution < 1.29 is 25.2 Å². The highest BCUT2D eigenvalue weighted by atomic mass is 32.2. The Morgan fingerprint density at radius 1 is 1.24 bits per heavy atom. The van der Waals surface area contributed by atoms with E-state index in [1.807, 2.05) is 0 Å². The molecule has 100 valence electrons. The Balaban J connectivity index is 4.16. The normalized spacial score (nSPS) is 14.0. The van der Waals surface area contributed by atoms with Crippen molar-refractivity contribution in [3.8, 4) is 0 Å². The highest BCUT2D eigenvalue weighted by Crippen LogP contribution is 2.08. The Bertz CT molecular complexity index is 478. The van der Waals surface area contributed by atoms with Crippen LogP contribution in [0.15, 0.2) is 5.11 Å². The molecular weight excluding hydrogens is 274 g/mol. The molecule has 1 atom stereocenters. The monoisotopic (exact) mass is 287 g/mol. The lowest BCUT2D eigenvalue weighted by molar-refractivity contribution is 0.192. The molecule has 0 aromatic heterocycles. The fraction of sp³-hybridized carbons (Fsp3) is 1.00. The number of hydrogen-bond acceptors (Lipinski definition) is 7. The molecule has 11 heteroatoms. The molecule has 0 aliphatic heterocycles. The number of nitrogens with zero attached hydrogens (tertiary/aromatic N) is 3. The molecule has 0 aromatic rings. The zero-order valence-electron chi connectivity index (χ0n) is 9.31. The van der Waals surface area contributed by atoms with Gasteiger partial charge in [-0.3, -0.25) is 8.37 Å². The Morgan fingerprint density at radius 3 is 2.24 bits per heavy atom. The van der Waals surface area contributed by atoms with Crippen LogP contribution in [-0.4, -0.2) is 42.2 Å². The summed E-state index contributed by atoms with van der Waals surface area (Å²) < 4.78 is 51.6. The lowest BCUT2D eigenvalue weighted by atomic mass is 10.3. The maximum atomic E-state index is 10.8. The van der Waals surface area contributed by atoms with Gasteiger partial charge in [-0.2, -0.15) is 16.8 Å². The molecular formula is C6H13N3O6S2. The van der Waals surface area contributed by atoms with Crippen LogP contribution in [0.5, 0.6) is 0 Å². The van der Waals surface area contributed by atoms with Crippen LogP contribution in [-0.2, 0) is 28.6 Å². The fourth-order valence-corrected chi connectivity index (χ4v) is 1.81.